The lowest BCUT2D eigenvalue weighted by atomic mass is 9.71. The van der Waals surface area contributed by atoms with Crippen LogP contribution < -0.4 is 0 Å². The van der Waals surface area contributed by atoms with Gasteiger partial charge < -0.3 is 0 Å². The number of nitrogens with zero attached hydrogens (tertiary/aromatic N) is 2. The second kappa shape index (κ2) is 6.37. The Balaban J connectivity index is 3.14. The number of rotatable bonds is 5. The zero-order valence-electron chi connectivity index (χ0n) is 10.0. The maximum Gasteiger partial charge on any atom is 0.241 e. The van der Waals surface area contributed by atoms with Gasteiger partial charge in [-0.25, -0.2) is 4.85 Å². The molecule has 0 fully saturated rings. The van der Waals surface area contributed by atoms with Crippen molar-refractivity contribution in [2.24, 2.45) is 5.92 Å². The molecule has 0 aliphatic heterocycles. The Labute approximate surface area is 121 Å². The molecule has 1 aromatic heterocycles. The lowest BCUT2D eigenvalue weighted by Gasteiger charge is -2.30. The first kappa shape index (κ1) is 14.5. The van der Waals surface area contributed by atoms with Crippen molar-refractivity contribution >= 4 is 38.9 Å². The summed E-state index contributed by atoms with van der Waals surface area (Å²) in [7, 11) is 0. The van der Waals surface area contributed by atoms with Crippen LogP contribution in [0.15, 0.2) is 11.4 Å². The predicted molar refractivity (Wildman–Crippen MR) is 80.8 cm³/mol. The minimum Gasteiger partial charge on any atom is -0.227 e. The second-order valence-electron chi connectivity index (χ2n) is 4.32. The van der Waals surface area contributed by atoms with Gasteiger partial charge >= 0.3 is 0 Å². The molecule has 1 atom stereocenters. The van der Waals surface area contributed by atoms with Crippen molar-refractivity contribution in [3.8, 4) is 6.07 Å². The molecule has 1 rings (SSSR count). The van der Waals surface area contributed by atoms with Crippen LogP contribution in [0, 0.1) is 23.8 Å². The van der Waals surface area contributed by atoms with Crippen molar-refractivity contribution < 1.29 is 0 Å². The van der Waals surface area contributed by atoms with E-state index in [0.29, 0.717) is 5.00 Å². The van der Waals surface area contributed by atoms with Crippen molar-refractivity contribution in [2.75, 3.05) is 4.43 Å². The summed E-state index contributed by atoms with van der Waals surface area (Å²) in [6.07, 6.45) is 1.91. The maximum absolute atomic E-state index is 9.58. The summed E-state index contributed by atoms with van der Waals surface area (Å²) in [5.41, 5.74) is 0.598. The highest BCUT2D eigenvalue weighted by molar-refractivity contribution is 14.1. The quantitative estimate of drug-likeness (QED) is 0.417. The molecule has 0 aliphatic carbocycles. The summed E-state index contributed by atoms with van der Waals surface area (Å²) in [6, 6.07) is 4.39. The Hall–Kier alpha value is -0.590. The van der Waals surface area contributed by atoms with Gasteiger partial charge in [0.2, 0.25) is 5.00 Å². The van der Waals surface area contributed by atoms with Crippen molar-refractivity contribution in [3.05, 3.63) is 28.4 Å². The SMILES string of the molecule is [C-]#[N+]c1cc(C(C#N)(CCCI)C(C)C)cs1. The first-order valence-electron chi connectivity index (χ1n) is 5.54. The van der Waals surface area contributed by atoms with Gasteiger partial charge in [0.05, 0.1) is 18.1 Å². The van der Waals surface area contributed by atoms with Crippen molar-refractivity contribution in [1.29, 1.82) is 5.26 Å². The topological polar surface area (TPSA) is 28.1 Å². The van der Waals surface area contributed by atoms with E-state index in [1.165, 1.54) is 11.3 Å². The van der Waals surface area contributed by atoms with Gasteiger partial charge in [0, 0.05) is 0 Å². The van der Waals surface area contributed by atoms with Crippen molar-refractivity contribution in [3.63, 3.8) is 0 Å². The number of halogens is 1. The van der Waals surface area contributed by atoms with Crippen LogP contribution in [0.25, 0.3) is 4.85 Å². The summed E-state index contributed by atoms with van der Waals surface area (Å²) in [4.78, 5) is 3.44. The first-order valence-corrected chi connectivity index (χ1v) is 7.95. The van der Waals surface area contributed by atoms with Crippen molar-refractivity contribution in [2.45, 2.75) is 32.1 Å². The van der Waals surface area contributed by atoms with Gasteiger partial charge in [-0.3, -0.25) is 0 Å². The fraction of sp³-hybridized carbons (Fsp3) is 0.538. The highest BCUT2D eigenvalue weighted by Gasteiger charge is 2.36. The number of hydrogen-bond donors (Lipinski definition) is 0. The Morgan fingerprint density at radius 3 is 2.76 bits per heavy atom. The van der Waals surface area contributed by atoms with Crippen molar-refractivity contribution in [1.82, 2.24) is 0 Å². The monoisotopic (exact) mass is 358 g/mol. The zero-order valence-corrected chi connectivity index (χ0v) is 13.0. The van der Waals surface area contributed by atoms with E-state index in [4.69, 9.17) is 6.57 Å². The van der Waals surface area contributed by atoms with E-state index < -0.39 is 5.41 Å². The molecule has 1 unspecified atom stereocenters. The van der Waals surface area contributed by atoms with Crippen LogP contribution in [-0.2, 0) is 5.41 Å². The number of thiophene rings is 1. The number of hydrogen-bond acceptors (Lipinski definition) is 2. The Bertz CT molecular complexity index is 453. The largest absolute Gasteiger partial charge is 0.241 e. The molecule has 0 aliphatic rings. The Kier molecular flexibility index (Phi) is 5.42. The summed E-state index contributed by atoms with van der Waals surface area (Å²) in [5.74, 6) is 0.267. The van der Waals surface area contributed by atoms with E-state index in [9.17, 15) is 5.26 Å². The Morgan fingerprint density at radius 2 is 2.35 bits per heavy atom. The summed E-state index contributed by atoms with van der Waals surface area (Å²) in [5, 5.41) is 12.2. The molecule has 0 spiro atoms. The van der Waals surface area contributed by atoms with Crippen LogP contribution in [0.2, 0.25) is 0 Å². The van der Waals surface area contributed by atoms with Crippen LogP contribution in [0.1, 0.15) is 32.3 Å². The van der Waals surface area contributed by atoms with Gasteiger partial charge in [-0.05, 0) is 40.2 Å². The minimum absolute atomic E-state index is 0.267. The summed E-state index contributed by atoms with van der Waals surface area (Å²) >= 11 is 3.78. The fourth-order valence-electron chi connectivity index (χ4n) is 1.98. The Morgan fingerprint density at radius 1 is 1.65 bits per heavy atom. The first-order chi connectivity index (χ1) is 8.10. The number of alkyl halides is 1. The van der Waals surface area contributed by atoms with E-state index >= 15 is 0 Å². The molecule has 0 radical (unpaired) electrons. The normalized spacial score (nSPS) is 14.0. The van der Waals surface area contributed by atoms with Gasteiger partial charge in [0.1, 0.15) is 0 Å². The van der Waals surface area contributed by atoms with E-state index in [2.05, 4.69) is 47.4 Å². The van der Waals surface area contributed by atoms with E-state index in [1.807, 2.05) is 11.4 Å². The lowest BCUT2D eigenvalue weighted by Crippen LogP contribution is -2.30. The van der Waals surface area contributed by atoms with Crippen LogP contribution in [-0.4, -0.2) is 4.43 Å². The molecule has 0 bridgehead atoms. The molecule has 0 saturated carbocycles. The predicted octanol–water partition coefficient (Wildman–Crippen LogP) is 4.93. The maximum atomic E-state index is 9.58. The molecule has 0 N–H and O–H groups in total. The molecular weight excluding hydrogens is 343 g/mol. The highest BCUT2D eigenvalue weighted by atomic mass is 127. The molecule has 1 aromatic rings. The standard InChI is InChI=1S/C13H15IN2S/c1-10(2)13(9-15,5-4-6-14)11-7-12(16-3)17-8-11/h7-8,10H,4-6H2,1-2H3. The van der Waals surface area contributed by atoms with Gasteiger partial charge in [-0.1, -0.05) is 36.4 Å². The van der Waals surface area contributed by atoms with Crippen LogP contribution in [0.3, 0.4) is 0 Å². The van der Waals surface area contributed by atoms with E-state index in [-0.39, 0.29) is 5.92 Å². The van der Waals surface area contributed by atoms with Gasteiger partial charge in [-0.2, -0.15) is 16.6 Å². The average Bonchev–Trinajstić information content (AvgIpc) is 2.79. The summed E-state index contributed by atoms with van der Waals surface area (Å²) in [6.45, 7) is 11.2. The molecule has 0 aromatic carbocycles. The van der Waals surface area contributed by atoms with Gasteiger partial charge in [-0.15, -0.1) is 0 Å². The van der Waals surface area contributed by atoms with Gasteiger partial charge in [0.25, 0.3) is 0 Å². The second-order valence-corrected chi connectivity index (χ2v) is 6.28. The molecular formula is C13H15IN2S. The molecule has 1 heterocycles. The summed E-state index contributed by atoms with van der Waals surface area (Å²) < 4.78 is 1.06. The molecule has 2 nitrogen and oxygen atoms in total. The number of nitriles is 1. The van der Waals surface area contributed by atoms with Gasteiger partial charge in [0.15, 0.2) is 0 Å². The minimum atomic E-state index is -0.426. The molecule has 0 amide bonds. The van der Waals surface area contributed by atoms with E-state index in [1.54, 1.807) is 0 Å². The molecule has 0 saturated heterocycles. The highest BCUT2D eigenvalue weighted by Crippen LogP contribution is 2.40. The lowest BCUT2D eigenvalue weighted by molar-refractivity contribution is 0.368. The molecule has 17 heavy (non-hydrogen) atoms. The molecule has 90 valence electrons. The van der Waals surface area contributed by atoms with Crippen LogP contribution >= 0.6 is 33.9 Å². The third-order valence-corrected chi connectivity index (χ3v) is 4.69. The third kappa shape index (κ3) is 3.00. The third-order valence-electron chi connectivity index (χ3n) is 3.10. The average molecular weight is 358 g/mol. The fourth-order valence-corrected chi connectivity index (χ4v) is 3.13. The van der Waals surface area contributed by atoms with Crippen LogP contribution in [0.4, 0.5) is 5.00 Å². The zero-order chi connectivity index (χ0) is 12.9. The van der Waals surface area contributed by atoms with Crippen LogP contribution in [0.5, 0.6) is 0 Å². The molecule has 4 heteroatoms. The smallest absolute Gasteiger partial charge is 0.227 e. The van der Waals surface area contributed by atoms with E-state index in [0.717, 1.165) is 22.8 Å².